The van der Waals surface area contributed by atoms with E-state index in [4.69, 9.17) is 5.11 Å². The smallest absolute Gasteiger partial charge is 0.317 e. The SMILES string of the molecule is O=C1C2=C(CC(C(=O)O)S2)C(=O)c2sccc21. The zero-order chi connectivity index (χ0) is 12.2. The van der Waals surface area contributed by atoms with Crippen LogP contribution in [0.4, 0.5) is 0 Å². The third-order valence-electron chi connectivity index (χ3n) is 2.80. The van der Waals surface area contributed by atoms with E-state index in [-0.39, 0.29) is 18.0 Å². The van der Waals surface area contributed by atoms with Crippen molar-refractivity contribution in [2.24, 2.45) is 0 Å². The molecule has 0 saturated heterocycles. The van der Waals surface area contributed by atoms with Gasteiger partial charge in [-0.05, 0) is 11.4 Å². The largest absolute Gasteiger partial charge is 0.480 e. The van der Waals surface area contributed by atoms with Crippen LogP contribution in [0.15, 0.2) is 21.9 Å². The van der Waals surface area contributed by atoms with E-state index in [1.807, 2.05) is 0 Å². The number of rotatable bonds is 1. The Balaban J connectivity index is 2.07. The summed E-state index contributed by atoms with van der Waals surface area (Å²) < 4.78 is 0. The molecule has 3 rings (SSSR count). The highest BCUT2D eigenvalue weighted by molar-refractivity contribution is 8.05. The topological polar surface area (TPSA) is 71.4 Å². The molecule has 4 nitrogen and oxygen atoms in total. The van der Waals surface area contributed by atoms with Crippen LogP contribution in [0.2, 0.25) is 0 Å². The number of thioether (sulfide) groups is 1. The van der Waals surface area contributed by atoms with Gasteiger partial charge in [-0.2, -0.15) is 0 Å². The van der Waals surface area contributed by atoms with Gasteiger partial charge in [-0.15, -0.1) is 23.1 Å². The summed E-state index contributed by atoms with van der Waals surface area (Å²) in [4.78, 5) is 35.8. The van der Waals surface area contributed by atoms with E-state index >= 15 is 0 Å². The molecule has 1 aromatic rings. The van der Waals surface area contributed by atoms with Gasteiger partial charge in [0, 0.05) is 17.6 Å². The van der Waals surface area contributed by atoms with Crippen molar-refractivity contribution in [1.29, 1.82) is 0 Å². The number of hydrogen-bond acceptors (Lipinski definition) is 5. The van der Waals surface area contributed by atoms with Crippen LogP contribution in [0, 0.1) is 0 Å². The van der Waals surface area contributed by atoms with Gasteiger partial charge in [0.15, 0.2) is 0 Å². The molecule has 0 saturated carbocycles. The summed E-state index contributed by atoms with van der Waals surface area (Å²) in [6, 6.07) is 1.62. The average Bonchev–Trinajstić information content (AvgIpc) is 2.92. The molecule has 1 aliphatic heterocycles. The minimum Gasteiger partial charge on any atom is -0.480 e. The van der Waals surface area contributed by atoms with Crippen LogP contribution in [-0.4, -0.2) is 27.9 Å². The molecule has 6 heteroatoms. The van der Waals surface area contributed by atoms with Crippen LogP contribution in [0.1, 0.15) is 26.5 Å². The summed E-state index contributed by atoms with van der Waals surface area (Å²) in [5.74, 6) is -1.36. The predicted molar refractivity (Wildman–Crippen MR) is 63.6 cm³/mol. The molecule has 0 bridgehead atoms. The van der Waals surface area contributed by atoms with Gasteiger partial charge in [0.25, 0.3) is 0 Å². The van der Waals surface area contributed by atoms with E-state index in [9.17, 15) is 14.4 Å². The molecule has 0 fully saturated rings. The Morgan fingerprint density at radius 3 is 2.82 bits per heavy atom. The van der Waals surface area contributed by atoms with Crippen molar-refractivity contribution in [1.82, 2.24) is 0 Å². The second-order valence-electron chi connectivity index (χ2n) is 3.78. The number of fused-ring (bicyclic) bond motifs is 1. The van der Waals surface area contributed by atoms with E-state index in [1.54, 1.807) is 11.4 Å². The lowest BCUT2D eigenvalue weighted by atomic mass is 9.94. The molecule has 0 aromatic carbocycles. The lowest BCUT2D eigenvalue weighted by Gasteiger charge is -2.10. The van der Waals surface area contributed by atoms with E-state index in [2.05, 4.69) is 0 Å². The number of ketones is 2. The molecule has 0 amide bonds. The molecule has 17 heavy (non-hydrogen) atoms. The van der Waals surface area contributed by atoms with Crippen molar-refractivity contribution < 1.29 is 19.5 Å². The lowest BCUT2D eigenvalue weighted by molar-refractivity contribution is -0.136. The van der Waals surface area contributed by atoms with Crippen molar-refractivity contribution in [3.63, 3.8) is 0 Å². The van der Waals surface area contributed by atoms with E-state index < -0.39 is 11.2 Å². The Labute approximate surface area is 104 Å². The van der Waals surface area contributed by atoms with Crippen molar-refractivity contribution in [2.75, 3.05) is 0 Å². The monoisotopic (exact) mass is 266 g/mol. The number of carbonyl (C=O) groups excluding carboxylic acids is 2. The number of aliphatic carboxylic acids is 1. The highest BCUT2D eigenvalue weighted by atomic mass is 32.2. The van der Waals surface area contributed by atoms with Crippen molar-refractivity contribution in [3.8, 4) is 0 Å². The van der Waals surface area contributed by atoms with Crippen molar-refractivity contribution in [2.45, 2.75) is 11.7 Å². The number of carboxylic acids is 1. The quantitative estimate of drug-likeness (QED) is 0.841. The first-order chi connectivity index (χ1) is 8.09. The molecule has 2 heterocycles. The molecule has 1 aliphatic carbocycles. The first kappa shape index (κ1) is 10.7. The summed E-state index contributed by atoms with van der Waals surface area (Å²) in [6.45, 7) is 0. The van der Waals surface area contributed by atoms with Gasteiger partial charge in [-0.1, -0.05) is 0 Å². The van der Waals surface area contributed by atoms with Crippen LogP contribution < -0.4 is 0 Å². The fourth-order valence-corrected chi connectivity index (χ4v) is 4.01. The van der Waals surface area contributed by atoms with Crippen LogP contribution in [0.3, 0.4) is 0 Å². The minimum atomic E-state index is -0.978. The first-order valence-electron chi connectivity index (χ1n) is 4.89. The molecule has 2 aliphatic rings. The first-order valence-corrected chi connectivity index (χ1v) is 6.65. The maximum atomic E-state index is 12.1. The van der Waals surface area contributed by atoms with Crippen molar-refractivity contribution in [3.05, 3.63) is 32.4 Å². The molecule has 86 valence electrons. The Bertz CT molecular complexity index is 554. The Kier molecular flexibility index (Phi) is 2.24. The molecule has 1 N–H and O–H groups in total. The minimum absolute atomic E-state index is 0.150. The second kappa shape index (κ2) is 3.54. The van der Waals surface area contributed by atoms with Crippen molar-refractivity contribution >= 4 is 40.6 Å². The number of Topliss-reactive ketones (excluding diaryl/α,β-unsaturated/α-hetero) is 2. The molecular weight excluding hydrogens is 260 g/mol. The van der Waals surface area contributed by atoms with Crippen LogP contribution in [-0.2, 0) is 4.79 Å². The molecule has 0 radical (unpaired) electrons. The van der Waals surface area contributed by atoms with Crippen LogP contribution in [0.5, 0.6) is 0 Å². The predicted octanol–water partition coefficient (Wildman–Crippen LogP) is 1.97. The maximum absolute atomic E-state index is 12.1. The summed E-state index contributed by atoms with van der Waals surface area (Å²) >= 11 is 2.23. The Morgan fingerprint density at radius 1 is 1.35 bits per heavy atom. The highest BCUT2D eigenvalue weighted by Crippen LogP contribution is 2.45. The normalized spacial score (nSPS) is 22.7. The Morgan fingerprint density at radius 2 is 2.12 bits per heavy atom. The summed E-state index contributed by atoms with van der Waals surface area (Å²) in [5.41, 5.74) is 0.791. The number of hydrogen-bond donors (Lipinski definition) is 1. The van der Waals surface area contributed by atoms with Gasteiger partial charge in [0.2, 0.25) is 11.6 Å². The van der Waals surface area contributed by atoms with Gasteiger partial charge in [0.1, 0.15) is 5.25 Å². The molecule has 1 atom stereocenters. The fourth-order valence-electron chi connectivity index (χ4n) is 1.98. The second-order valence-corrected chi connectivity index (χ2v) is 5.91. The maximum Gasteiger partial charge on any atom is 0.317 e. The average molecular weight is 266 g/mol. The third kappa shape index (κ3) is 1.41. The summed E-state index contributed by atoms with van der Waals surface area (Å²) in [7, 11) is 0. The lowest BCUT2D eigenvalue weighted by Crippen LogP contribution is -2.16. The standard InChI is InChI=1S/C11H6O4S2/c12-7-4-1-2-16-9(4)8(13)5-3-6(11(14)15)17-10(5)7/h1-2,6H,3H2,(H,14,15). The van der Waals surface area contributed by atoms with Crippen LogP contribution in [0.25, 0.3) is 0 Å². The third-order valence-corrected chi connectivity index (χ3v) is 5.03. The number of thiophene rings is 1. The van der Waals surface area contributed by atoms with Gasteiger partial charge in [-0.3, -0.25) is 14.4 Å². The fraction of sp³-hybridized carbons (Fsp3) is 0.182. The van der Waals surface area contributed by atoms with E-state index in [1.165, 1.54) is 11.3 Å². The Hall–Kier alpha value is -1.40. The highest BCUT2D eigenvalue weighted by Gasteiger charge is 2.42. The summed E-state index contributed by atoms with van der Waals surface area (Å²) in [5, 5.41) is 9.94. The van der Waals surface area contributed by atoms with Gasteiger partial charge < -0.3 is 5.11 Å². The van der Waals surface area contributed by atoms with Gasteiger partial charge >= 0.3 is 5.97 Å². The zero-order valence-electron chi connectivity index (χ0n) is 8.43. The molecular formula is C11H6O4S2. The van der Waals surface area contributed by atoms with Crippen LogP contribution >= 0.6 is 23.1 Å². The number of allylic oxidation sites excluding steroid dienone is 2. The van der Waals surface area contributed by atoms with E-state index in [0.717, 1.165) is 11.8 Å². The summed E-state index contributed by atoms with van der Waals surface area (Å²) in [6.07, 6.45) is 0.150. The molecule has 0 spiro atoms. The van der Waals surface area contributed by atoms with Gasteiger partial charge in [0.05, 0.1) is 9.78 Å². The molecule has 1 unspecified atom stereocenters. The number of carbonyl (C=O) groups is 3. The molecule has 1 aromatic heterocycles. The van der Waals surface area contributed by atoms with Gasteiger partial charge in [-0.25, -0.2) is 0 Å². The van der Waals surface area contributed by atoms with E-state index in [0.29, 0.717) is 20.9 Å². The number of carboxylic acid groups (broad SMARTS) is 1. The zero-order valence-corrected chi connectivity index (χ0v) is 10.1.